The molecule has 1 aliphatic heterocycles. The summed E-state index contributed by atoms with van der Waals surface area (Å²) in [6.45, 7) is 5.50. The monoisotopic (exact) mass is 373 g/mol. The van der Waals surface area contributed by atoms with Gasteiger partial charge in [0.2, 0.25) is 12.7 Å². The maximum atomic E-state index is 13.0. The van der Waals surface area contributed by atoms with Crippen LogP contribution >= 0.6 is 11.6 Å². The van der Waals surface area contributed by atoms with Crippen molar-refractivity contribution in [2.75, 3.05) is 12.1 Å². The molecule has 2 aromatic carbocycles. The number of rotatable bonds is 5. The summed E-state index contributed by atoms with van der Waals surface area (Å²) < 4.78 is 10.7. The quantitative estimate of drug-likeness (QED) is 0.775. The number of hydrogen-bond donors (Lipinski definition) is 1. The van der Waals surface area contributed by atoms with Crippen molar-refractivity contribution in [3.63, 3.8) is 0 Å². The number of fused-ring (bicyclic) bond motifs is 1. The van der Waals surface area contributed by atoms with E-state index in [0.717, 1.165) is 5.56 Å². The summed E-state index contributed by atoms with van der Waals surface area (Å²) in [5.41, 5.74) is 1.68. The lowest BCUT2D eigenvalue weighted by atomic mass is 9.87. The fourth-order valence-electron chi connectivity index (χ4n) is 3.06. The molecule has 1 heterocycles. The Kier molecular flexibility index (Phi) is 5.18. The van der Waals surface area contributed by atoms with Crippen molar-refractivity contribution >= 4 is 29.0 Å². The molecule has 0 bridgehead atoms. The number of ketones is 1. The average Bonchev–Trinajstić information content (AvgIpc) is 3.03. The first-order chi connectivity index (χ1) is 12.4. The Morgan fingerprint density at radius 1 is 1.08 bits per heavy atom. The molecule has 1 atom stereocenters. The topological polar surface area (TPSA) is 64.6 Å². The van der Waals surface area contributed by atoms with Crippen LogP contribution in [0.3, 0.4) is 0 Å². The van der Waals surface area contributed by atoms with Crippen molar-refractivity contribution < 1.29 is 19.1 Å². The molecule has 2 aromatic rings. The lowest BCUT2D eigenvalue weighted by molar-refractivity contribution is -0.118. The third-order valence-corrected chi connectivity index (χ3v) is 4.58. The average molecular weight is 374 g/mol. The third-order valence-electron chi connectivity index (χ3n) is 4.33. The van der Waals surface area contributed by atoms with Gasteiger partial charge in [0.25, 0.3) is 0 Å². The van der Waals surface area contributed by atoms with Crippen LogP contribution < -0.4 is 14.8 Å². The maximum Gasteiger partial charge on any atom is 0.232 e. The Balaban J connectivity index is 1.92. The van der Waals surface area contributed by atoms with Crippen LogP contribution in [0.4, 0.5) is 5.69 Å². The largest absolute Gasteiger partial charge is 0.454 e. The molecule has 0 saturated heterocycles. The van der Waals surface area contributed by atoms with E-state index in [-0.39, 0.29) is 30.3 Å². The Morgan fingerprint density at radius 2 is 1.69 bits per heavy atom. The summed E-state index contributed by atoms with van der Waals surface area (Å²) in [5, 5.41) is 3.50. The Morgan fingerprint density at radius 3 is 2.27 bits per heavy atom. The van der Waals surface area contributed by atoms with Gasteiger partial charge >= 0.3 is 0 Å². The number of benzene rings is 2. The van der Waals surface area contributed by atoms with Gasteiger partial charge < -0.3 is 14.8 Å². The summed E-state index contributed by atoms with van der Waals surface area (Å²) in [6, 6.07) is 10.5. The number of carbonyl (C=O) groups excluding carboxylic acids is 2. The molecule has 3 rings (SSSR count). The number of halogens is 1. The highest BCUT2D eigenvalue weighted by molar-refractivity contribution is 6.30. The second kappa shape index (κ2) is 7.38. The Hall–Kier alpha value is -2.53. The highest BCUT2D eigenvalue weighted by atomic mass is 35.5. The van der Waals surface area contributed by atoms with E-state index in [1.165, 1.54) is 6.92 Å². The number of anilines is 1. The lowest BCUT2D eigenvalue weighted by Gasteiger charge is -2.21. The fourth-order valence-corrected chi connectivity index (χ4v) is 3.18. The van der Waals surface area contributed by atoms with E-state index < -0.39 is 0 Å². The number of carbonyl (C=O) groups is 2. The fraction of sp³-hybridized carbons (Fsp3) is 0.300. The van der Waals surface area contributed by atoms with Crippen molar-refractivity contribution in [3.8, 4) is 11.5 Å². The summed E-state index contributed by atoms with van der Waals surface area (Å²) in [6.07, 6.45) is 0. The maximum absolute atomic E-state index is 13.0. The van der Waals surface area contributed by atoms with Gasteiger partial charge in [0.1, 0.15) is 0 Å². The van der Waals surface area contributed by atoms with Crippen LogP contribution in [0, 0.1) is 5.92 Å². The molecule has 0 spiro atoms. The van der Waals surface area contributed by atoms with E-state index in [1.54, 1.807) is 24.3 Å². The van der Waals surface area contributed by atoms with Crippen LogP contribution in [-0.2, 0) is 4.79 Å². The molecular weight excluding hydrogens is 354 g/mol. The predicted molar refractivity (Wildman–Crippen MR) is 100 cm³/mol. The van der Waals surface area contributed by atoms with Crippen LogP contribution in [0.1, 0.15) is 42.6 Å². The molecule has 0 saturated carbocycles. The smallest absolute Gasteiger partial charge is 0.232 e. The third kappa shape index (κ3) is 3.68. The summed E-state index contributed by atoms with van der Waals surface area (Å²) in [5.74, 6) is 0.350. The van der Waals surface area contributed by atoms with Crippen LogP contribution in [-0.4, -0.2) is 18.5 Å². The SMILES string of the molecule is CC(=O)c1cc2c(cc1NC(=O)C(c1ccc(Cl)cc1)C(C)C)OCO2. The van der Waals surface area contributed by atoms with Crippen LogP contribution in [0.5, 0.6) is 11.5 Å². The predicted octanol–water partition coefficient (Wildman–Crippen LogP) is 4.65. The number of hydrogen-bond acceptors (Lipinski definition) is 4. The molecule has 1 unspecified atom stereocenters. The second-order valence-electron chi connectivity index (χ2n) is 6.57. The van der Waals surface area contributed by atoms with Crippen molar-refractivity contribution in [3.05, 3.63) is 52.5 Å². The van der Waals surface area contributed by atoms with Gasteiger partial charge in [-0.1, -0.05) is 37.6 Å². The molecule has 0 aromatic heterocycles. The number of amides is 1. The van der Waals surface area contributed by atoms with Gasteiger partial charge in [0.15, 0.2) is 17.3 Å². The van der Waals surface area contributed by atoms with Gasteiger partial charge in [-0.25, -0.2) is 0 Å². The van der Waals surface area contributed by atoms with Gasteiger partial charge in [-0.05, 0) is 36.6 Å². The first-order valence-corrected chi connectivity index (χ1v) is 8.75. The summed E-state index contributed by atoms with van der Waals surface area (Å²) >= 11 is 5.95. The molecule has 0 fully saturated rings. The van der Waals surface area contributed by atoms with Gasteiger partial charge in [0, 0.05) is 16.7 Å². The van der Waals surface area contributed by atoms with Crippen LogP contribution in [0.2, 0.25) is 5.02 Å². The van der Waals surface area contributed by atoms with E-state index >= 15 is 0 Å². The number of ether oxygens (including phenoxy) is 2. The summed E-state index contributed by atoms with van der Waals surface area (Å²) in [4.78, 5) is 25.0. The van der Waals surface area contributed by atoms with E-state index in [1.807, 2.05) is 26.0 Å². The summed E-state index contributed by atoms with van der Waals surface area (Å²) in [7, 11) is 0. The zero-order valence-electron chi connectivity index (χ0n) is 14.8. The molecule has 5 nitrogen and oxygen atoms in total. The zero-order valence-corrected chi connectivity index (χ0v) is 15.6. The standard InChI is InChI=1S/C20H20ClNO4/c1-11(2)19(13-4-6-14(21)7-5-13)20(24)22-16-9-18-17(25-10-26-18)8-15(16)12(3)23/h4-9,11,19H,10H2,1-3H3,(H,22,24). The van der Waals surface area contributed by atoms with E-state index in [2.05, 4.69) is 5.32 Å². The molecule has 1 amide bonds. The molecule has 26 heavy (non-hydrogen) atoms. The van der Waals surface area contributed by atoms with Crippen molar-refractivity contribution in [2.45, 2.75) is 26.7 Å². The van der Waals surface area contributed by atoms with Crippen molar-refractivity contribution in [2.24, 2.45) is 5.92 Å². The molecule has 0 radical (unpaired) electrons. The van der Waals surface area contributed by atoms with Gasteiger partial charge in [-0.15, -0.1) is 0 Å². The van der Waals surface area contributed by atoms with E-state index in [9.17, 15) is 9.59 Å². The molecule has 0 aliphatic carbocycles. The van der Waals surface area contributed by atoms with Crippen molar-refractivity contribution in [1.82, 2.24) is 0 Å². The first kappa shape index (κ1) is 18.3. The number of nitrogens with one attached hydrogen (secondary N) is 1. The minimum Gasteiger partial charge on any atom is -0.454 e. The van der Waals surface area contributed by atoms with E-state index in [0.29, 0.717) is 27.8 Å². The Bertz CT molecular complexity index is 846. The molecule has 136 valence electrons. The highest BCUT2D eigenvalue weighted by Gasteiger charge is 2.27. The molecular formula is C20H20ClNO4. The van der Waals surface area contributed by atoms with Crippen LogP contribution in [0.15, 0.2) is 36.4 Å². The first-order valence-electron chi connectivity index (χ1n) is 8.37. The minimum absolute atomic E-state index is 0.0611. The van der Waals surface area contributed by atoms with Crippen LogP contribution in [0.25, 0.3) is 0 Å². The van der Waals surface area contributed by atoms with Gasteiger partial charge in [-0.3, -0.25) is 9.59 Å². The number of Topliss-reactive ketones (excluding diaryl/α,β-unsaturated/α-hetero) is 1. The zero-order chi connectivity index (χ0) is 18.8. The normalized spacial score (nSPS) is 13.6. The van der Waals surface area contributed by atoms with Gasteiger partial charge in [0.05, 0.1) is 11.6 Å². The second-order valence-corrected chi connectivity index (χ2v) is 7.01. The Labute approximate surface area is 157 Å². The molecule has 1 aliphatic rings. The molecule has 6 heteroatoms. The highest BCUT2D eigenvalue weighted by Crippen LogP contribution is 2.38. The minimum atomic E-state index is -0.377. The van der Waals surface area contributed by atoms with Crippen molar-refractivity contribution in [1.29, 1.82) is 0 Å². The lowest BCUT2D eigenvalue weighted by Crippen LogP contribution is -2.26. The molecule has 1 N–H and O–H groups in total. The van der Waals surface area contributed by atoms with E-state index in [4.69, 9.17) is 21.1 Å². The van der Waals surface area contributed by atoms with Gasteiger partial charge in [-0.2, -0.15) is 0 Å².